The summed E-state index contributed by atoms with van der Waals surface area (Å²) in [5, 5.41) is 11.9. The van der Waals surface area contributed by atoms with E-state index in [2.05, 4.69) is 5.32 Å². The van der Waals surface area contributed by atoms with Crippen LogP contribution in [0, 0.1) is 5.92 Å². The Hall–Kier alpha value is -1.30. The van der Waals surface area contributed by atoms with E-state index in [1.807, 2.05) is 0 Å². The quantitative estimate of drug-likeness (QED) is 0.689. The summed E-state index contributed by atoms with van der Waals surface area (Å²) < 4.78 is 4.91. The molecular weight excluding hydrogens is 212 g/mol. The average Bonchev–Trinajstić information content (AvgIpc) is 2.73. The van der Waals surface area contributed by atoms with Crippen molar-refractivity contribution in [3.8, 4) is 0 Å². The third-order valence-corrected chi connectivity index (χ3v) is 3.22. The lowest BCUT2D eigenvalue weighted by molar-refractivity contribution is -0.139. The first kappa shape index (κ1) is 11.2. The summed E-state index contributed by atoms with van der Waals surface area (Å²) in [4.78, 5) is 23.9. The van der Waals surface area contributed by atoms with Crippen LogP contribution in [-0.2, 0) is 9.53 Å². The van der Waals surface area contributed by atoms with Gasteiger partial charge in [0.1, 0.15) is 6.04 Å². The zero-order valence-corrected chi connectivity index (χ0v) is 9.18. The number of hydrogen-bond acceptors (Lipinski definition) is 4. The number of amides is 1. The van der Waals surface area contributed by atoms with Gasteiger partial charge in [-0.05, 0) is 19.3 Å². The predicted molar refractivity (Wildman–Crippen MR) is 55.0 cm³/mol. The van der Waals surface area contributed by atoms with Gasteiger partial charge in [-0.25, -0.2) is 4.79 Å². The van der Waals surface area contributed by atoms with E-state index in [1.54, 1.807) is 11.8 Å². The minimum atomic E-state index is -0.808. The molecule has 3 unspecified atom stereocenters. The molecule has 0 spiro atoms. The third kappa shape index (κ3) is 1.97. The summed E-state index contributed by atoms with van der Waals surface area (Å²) in [6, 6.07) is -0.357. The molecule has 0 aromatic rings. The van der Waals surface area contributed by atoms with Crippen molar-refractivity contribution >= 4 is 12.1 Å². The first-order valence-electron chi connectivity index (χ1n) is 5.52. The van der Waals surface area contributed by atoms with Crippen LogP contribution in [0.5, 0.6) is 0 Å². The highest BCUT2D eigenvalue weighted by Crippen LogP contribution is 2.28. The van der Waals surface area contributed by atoms with Crippen molar-refractivity contribution in [2.24, 2.45) is 5.92 Å². The number of ether oxygens (including phenoxy) is 1. The van der Waals surface area contributed by atoms with Crippen molar-refractivity contribution < 1.29 is 19.4 Å². The first-order chi connectivity index (χ1) is 7.61. The number of rotatable bonds is 2. The van der Waals surface area contributed by atoms with E-state index >= 15 is 0 Å². The monoisotopic (exact) mass is 228 g/mol. The zero-order chi connectivity index (χ0) is 11.7. The number of aliphatic carboxylic acids is 1. The lowest BCUT2D eigenvalue weighted by Crippen LogP contribution is -2.40. The molecule has 1 amide bonds. The summed E-state index contributed by atoms with van der Waals surface area (Å²) in [6.07, 6.45) is 0.293. The van der Waals surface area contributed by atoms with Gasteiger partial charge in [0.2, 0.25) is 0 Å². The van der Waals surface area contributed by atoms with Crippen LogP contribution in [0.3, 0.4) is 0 Å². The van der Waals surface area contributed by atoms with E-state index < -0.39 is 12.0 Å². The standard InChI is InChI=1S/C10H16N2O4/c1-2-16-10(15)12-4-6-3-7(9(13)14)11-8(6)5-12/h6-8,11H,2-5H2,1H3,(H,13,14). The van der Waals surface area contributed by atoms with Crippen LogP contribution in [-0.4, -0.2) is 53.8 Å². The molecule has 2 heterocycles. The fraction of sp³-hybridized carbons (Fsp3) is 0.800. The second-order valence-corrected chi connectivity index (χ2v) is 4.26. The minimum Gasteiger partial charge on any atom is -0.480 e. The lowest BCUT2D eigenvalue weighted by atomic mass is 10.0. The topological polar surface area (TPSA) is 78.9 Å². The number of hydrogen-bond donors (Lipinski definition) is 2. The number of nitrogens with zero attached hydrogens (tertiary/aromatic N) is 1. The molecule has 2 fully saturated rings. The van der Waals surface area contributed by atoms with Crippen molar-refractivity contribution in [3.05, 3.63) is 0 Å². The van der Waals surface area contributed by atoms with Crippen LogP contribution in [0.1, 0.15) is 13.3 Å². The van der Waals surface area contributed by atoms with Crippen LogP contribution in [0.15, 0.2) is 0 Å². The molecule has 2 aliphatic rings. The van der Waals surface area contributed by atoms with E-state index in [1.165, 1.54) is 0 Å². The fourth-order valence-corrected chi connectivity index (χ4v) is 2.46. The van der Waals surface area contributed by atoms with Gasteiger partial charge in [-0.2, -0.15) is 0 Å². The fourth-order valence-electron chi connectivity index (χ4n) is 2.46. The van der Waals surface area contributed by atoms with Crippen molar-refractivity contribution in [2.75, 3.05) is 19.7 Å². The molecule has 0 aromatic heterocycles. The van der Waals surface area contributed by atoms with Crippen molar-refractivity contribution in [1.29, 1.82) is 0 Å². The molecule has 2 N–H and O–H groups in total. The maximum Gasteiger partial charge on any atom is 0.409 e. The maximum absolute atomic E-state index is 11.5. The van der Waals surface area contributed by atoms with E-state index in [0.29, 0.717) is 26.1 Å². The molecule has 2 aliphatic heterocycles. The normalized spacial score (nSPS) is 32.6. The smallest absolute Gasteiger partial charge is 0.409 e. The Kier molecular flexibility index (Phi) is 3.00. The molecule has 16 heavy (non-hydrogen) atoms. The number of fused-ring (bicyclic) bond motifs is 1. The van der Waals surface area contributed by atoms with Gasteiger partial charge in [0, 0.05) is 19.1 Å². The first-order valence-corrected chi connectivity index (χ1v) is 5.52. The zero-order valence-electron chi connectivity index (χ0n) is 9.18. The van der Waals surface area contributed by atoms with Crippen molar-refractivity contribution in [2.45, 2.75) is 25.4 Å². The van der Waals surface area contributed by atoms with Crippen LogP contribution < -0.4 is 5.32 Å². The summed E-state index contributed by atoms with van der Waals surface area (Å²) >= 11 is 0. The molecule has 6 nitrogen and oxygen atoms in total. The molecule has 0 aliphatic carbocycles. The molecule has 2 rings (SSSR count). The number of carbonyl (C=O) groups excluding carboxylic acids is 1. The molecule has 2 saturated heterocycles. The third-order valence-electron chi connectivity index (χ3n) is 3.22. The van der Waals surface area contributed by atoms with Crippen molar-refractivity contribution in [1.82, 2.24) is 10.2 Å². The number of carboxylic acid groups (broad SMARTS) is 1. The van der Waals surface area contributed by atoms with Gasteiger partial charge in [0.15, 0.2) is 0 Å². The van der Waals surface area contributed by atoms with Crippen LogP contribution in [0.2, 0.25) is 0 Å². The summed E-state index contributed by atoms with van der Waals surface area (Å²) in [6.45, 7) is 3.29. The van der Waals surface area contributed by atoms with Gasteiger partial charge < -0.3 is 14.7 Å². The Morgan fingerprint density at radius 3 is 2.81 bits per heavy atom. The number of carboxylic acids is 1. The Morgan fingerprint density at radius 2 is 2.25 bits per heavy atom. The van der Waals surface area contributed by atoms with E-state index in [-0.39, 0.29) is 18.1 Å². The SMILES string of the molecule is CCOC(=O)N1CC2CC(C(=O)O)NC2C1. The van der Waals surface area contributed by atoms with Crippen molar-refractivity contribution in [3.63, 3.8) is 0 Å². The number of likely N-dealkylation sites (tertiary alicyclic amines) is 1. The molecule has 3 atom stereocenters. The maximum atomic E-state index is 11.5. The largest absolute Gasteiger partial charge is 0.480 e. The minimum absolute atomic E-state index is 0.102. The lowest BCUT2D eigenvalue weighted by Gasteiger charge is -2.17. The second kappa shape index (κ2) is 4.29. The van der Waals surface area contributed by atoms with Gasteiger partial charge in [-0.3, -0.25) is 10.1 Å². The summed E-state index contributed by atoms with van der Waals surface area (Å²) in [5.41, 5.74) is 0. The molecular formula is C10H16N2O4. The Balaban J connectivity index is 1.88. The Morgan fingerprint density at radius 1 is 1.50 bits per heavy atom. The van der Waals surface area contributed by atoms with E-state index in [9.17, 15) is 9.59 Å². The second-order valence-electron chi connectivity index (χ2n) is 4.26. The Labute approximate surface area is 93.6 Å². The highest BCUT2D eigenvalue weighted by molar-refractivity contribution is 5.74. The van der Waals surface area contributed by atoms with Gasteiger partial charge in [-0.15, -0.1) is 0 Å². The summed E-state index contributed by atoms with van der Waals surface area (Å²) in [5.74, 6) is -0.567. The number of carbonyl (C=O) groups is 2. The van der Waals surface area contributed by atoms with Crippen LogP contribution in [0.25, 0.3) is 0 Å². The molecule has 0 bridgehead atoms. The predicted octanol–water partition coefficient (Wildman–Crippen LogP) is -0.110. The van der Waals surface area contributed by atoms with Gasteiger partial charge in [0.25, 0.3) is 0 Å². The van der Waals surface area contributed by atoms with E-state index in [4.69, 9.17) is 9.84 Å². The molecule has 0 saturated carbocycles. The van der Waals surface area contributed by atoms with E-state index in [0.717, 1.165) is 0 Å². The highest BCUT2D eigenvalue weighted by Gasteiger charge is 2.44. The van der Waals surface area contributed by atoms with Crippen LogP contribution in [0.4, 0.5) is 4.79 Å². The van der Waals surface area contributed by atoms with Gasteiger partial charge >= 0.3 is 12.1 Å². The number of nitrogens with one attached hydrogen (secondary N) is 1. The average molecular weight is 228 g/mol. The van der Waals surface area contributed by atoms with Gasteiger partial charge in [-0.1, -0.05) is 0 Å². The Bertz CT molecular complexity index is 293. The van der Waals surface area contributed by atoms with Gasteiger partial charge in [0.05, 0.1) is 6.61 Å². The summed E-state index contributed by atoms with van der Waals surface area (Å²) in [7, 11) is 0. The molecule has 0 aromatic carbocycles. The molecule has 6 heteroatoms. The highest BCUT2D eigenvalue weighted by atomic mass is 16.6. The molecule has 0 radical (unpaired) electrons. The molecule has 90 valence electrons. The van der Waals surface area contributed by atoms with Crippen LogP contribution >= 0.6 is 0 Å².